The molecule has 1 unspecified atom stereocenters. The number of ether oxygens (including phenoxy) is 1. The van der Waals surface area contributed by atoms with E-state index in [1.165, 1.54) is 0 Å². The van der Waals surface area contributed by atoms with Gasteiger partial charge < -0.3 is 10.1 Å². The van der Waals surface area contributed by atoms with Crippen molar-refractivity contribution < 1.29 is 9.53 Å². The van der Waals surface area contributed by atoms with Crippen molar-refractivity contribution >= 4 is 11.6 Å². The largest absolute Gasteiger partial charge is 0.481 e. The van der Waals surface area contributed by atoms with Crippen molar-refractivity contribution in [1.29, 1.82) is 10.5 Å². The highest BCUT2D eigenvalue weighted by Crippen LogP contribution is 2.16. The molecule has 5 heteroatoms. The monoisotopic (exact) mass is 291 g/mol. The van der Waals surface area contributed by atoms with Gasteiger partial charge in [0.25, 0.3) is 5.91 Å². The highest BCUT2D eigenvalue weighted by Gasteiger charge is 2.15. The molecular formula is C17H13N3O2. The highest BCUT2D eigenvalue weighted by atomic mass is 16.5. The fourth-order valence-corrected chi connectivity index (χ4v) is 1.81. The van der Waals surface area contributed by atoms with Crippen molar-refractivity contribution in [2.24, 2.45) is 0 Å². The molecule has 0 bridgehead atoms. The lowest BCUT2D eigenvalue weighted by Gasteiger charge is -2.15. The summed E-state index contributed by atoms with van der Waals surface area (Å²) in [7, 11) is 0. The summed E-state index contributed by atoms with van der Waals surface area (Å²) >= 11 is 0. The first kappa shape index (κ1) is 15.1. The summed E-state index contributed by atoms with van der Waals surface area (Å²) in [4.78, 5) is 12.1. The predicted octanol–water partition coefficient (Wildman–Crippen LogP) is 2.84. The van der Waals surface area contributed by atoms with Crippen molar-refractivity contribution in [2.45, 2.75) is 13.0 Å². The molecule has 108 valence electrons. The summed E-state index contributed by atoms with van der Waals surface area (Å²) in [6, 6.07) is 17.2. The number of hydrogen-bond acceptors (Lipinski definition) is 4. The quantitative estimate of drug-likeness (QED) is 0.938. The maximum atomic E-state index is 12.1. The van der Waals surface area contributed by atoms with Crippen LogP contribution in [0.3, 0.4) is 0 Å². The molecule has 0 heterocycles. The second-order valence-electron chi connectivity index (χ2n) is 4.58. The smallest absolute Gasteiger partial charge is 0.265 e. The molecule has 1 N–H and O–H groups in total. The van der Waals surface area contributed by atoms with Crippen molar-refractivity contribution in [3.63, 3.8) is 0 Å². The number of nitrogens with one attached hydrogen (secondary N) is 1. The summed E-state index contributed by atoms with van der Waals surface area (Å²) in [5.41, 5.74) is 1.46. The van der Waals surface area contributed by atoms with Gasteiger partial charge in [0.1, 0.15) is 5.75 Å². The minimum Gasteiger partial charge on any atom is -0.481 e. The predicted molar refractivity (Wildman–Crippen MR) is 81.0 cm³/mol. The number of benzene rings is 2. The number of nitrogens with zero attached hydrogens (tertiary/aromatic N) is 2. The van der Waals surface area contributed by atoms with Gasteiger partial charge in [-0.3, -0.25) is 4.79 Å². The number of anilines is 1. The Morgan fingerprint density at radius 2 is 1.73 bits per heavy atom. The minimum atomic E-state index is -0.736. The third-order valence-electron chi connectivity index (χ3n) is 2.90. The summed E-state index contributed by atoms with van der Waals surface area (Å²) in [5.74, 6) is 0.116. The first-order valence-corrected chi connectivity index (χ1v) is 6.60. The van der Waals surface area contributed by atoms with Gasteiger partial charge in [0.2, 0.25) is 0 Å². The van der Waals surface area contributed by atoms with E-state index in [0.29, 0.717) is 22.6 Å². The second kappa shape index (κ2) is 6.92. The number of hydrogen-bond donors (Lipinski definition) is 1. The molecule has 0 aliphatic carbocycles. The SMILES string of the molecule is CC(Oc1cccc(C#N)c1)C(=O)Nc1cccc(C#N)c1. The van der Waals surface area contributed by atoms with Gasteiger partial charge in [-0.25, -0.2) is 0 Å². The van der Waals surface area contributed by atoms with E-state index in [2.05, 4.69) is 5.32 Å². The van der Waals surface area contributed by atoms with E-state index in [9.17, 15) is 4.79 Å². The fourth-order valence-electron chi connectivity index (χ4n) is 1.81. The van der Waals surface area contributed by atoms with E-state index in [-0.39, 0.29) is 5.91 Å². The molecule has 22 heavy (non-hydrogen) atoms. The number of amides is 1. The van der Waals surface area contributed by atoms with E-state index in [0.717, 1.165) is 0 Å². The van der Waals surface area contributed by atoms with Crippen LogP contribution in [0.4, 0.5) is 5.69 Å². The third kappa shape index (κ3) is 3.84. The normalized spacial score (nSPS) is 10.9. The average Bonchev–Trinajstić information content (AvgIpc) is 2.55. The lowest BCUT2D eigenvalue weighted by atomic mass is 10.2. The van der Waals surface area contributed by atoms with Crippen molar-refractivity contribution in [1.82, 2.24) is 0 Å². The Balaban J connectivity index is 2.03. The zero-order valence-electron chi connectivity index (χ0n) is 11.9. The molecule has 2 rings (SSSR count). The van der Waals surface area contributed by atoms with Crippen LogP contribution in [0.1, 0.15) is 18.1 Å². The van der Waals surface area contributed by atoms with Gasteiger partial charge in [0.05, 0.1) is 23.3 Å². The van der Waals surface area contributed by atoms with Crippen LogP contribution in [-0.4, -0.2) is 12.0 Å². The average molecular weight is 291 g/mol. The molecule has 0 aromatic heterocycles. The van der Waals surface area contributed by atoms with Crippen LogP contribution in [-0.2, 0) is 4.79 Å². The van der Waals surface area contributed by atoms with E-state index < -0.39 is 6.10 Å². The molecule has 1 amide bonds. The Morgan fingerprint density at radius 1 is 1.09 bits per heavy atom. The molecule has 0 saturated heterocycles. The molecule has 0 aliphatic heterocycles. The van der Waals surface area contributed by atoms with Crippen molar-refractivity contribution in [3.05, 3.63) is 59.7 Å². The number of carbonyl (C=O) groups excluding carboxylic acids is 1. The fraction of sp³-hybridized carbons (Fsp3) is 0.118. The number of rotatable bonds is 4. The summed E-state index contributed by atoms with van der Waals surface area (Å²) in [6.07, 6.45) is -0.736. The number of nitriles is 2. The van der Waals surface area contributed by atoms with Crippen LogP contribution < -0.4 is 10.1 Å². The second-order valence-corrected chi connectivity index (χ2v) is 4.58. The summed E-state index contributed by atoms with van der Waals surface area (Å²) in [5, 5.41) is 20.4. The van der Waals surface area contributed by atoms with Crippen LogP contribution >= 0.6 is 0 Å². The molecule has 0 radical (unpaired) electrons. The molecule has 2 aromatic carbocycles. The van der Waals surface area contributed by atoms with Gasteiger partial charge in [0, 0.05) is 5.69 Å². The Labute approximate surface area is 128 Å². The molecule has 1 atom stereocenters. The Morgan fingerprint density at radius 3 is 2.41 bits per heavy atom. The maximum Gasteiger partial charge on any atom is 0.265 e. The van der Waals surface area contributed by atoms with Crippen LogP contribution in [0.25, 0.3) is 0 Å². The van der Waals surface area contributed by atoms with Gasteiger partial charge in [0.15, 0.2) is 6.10 Å². The van der Waals surface area contributed by atoms with Crippen molar-refractivity contribution in [3.8, 4) is 17.9 Å². The Bertz CT molecular complexity index is 772. The zero-order valence-corrected chi connectivity index (χ0v) is 11.9. The molecule has 5 nitrogen and oxygen atoms in total. The molecular weight excluding hydrogens is 278 g/mol. The van der Waals surface area contributed by atoms with Crippen LogP contribution in [0.5, 0.6) is 5.75 Å². The zero-order chi connectivity index (χ0) is 15.9. The van der Waals surface area contributed by atoms with Gasteiger partial charge in [-0.15, -0.1) is 0 Å². The lowest BCUT2D eigenvalue weighted by molar-refractivity contribution is -0.122. The maximum absolute atomic E-state index is 12.1. The van der Waals surface area contributed by atoms with Gasteiger partial charge in [-0.05, 0) is 43.3 Å². The molecule has 2 aromatic rings. The van der Waals surface area contributed by atoms with E-state index >= 15 is 0 Å². The van der Waals surface area contributed by atoms with Crippen molar-refractivity contribution in [2.75, 3.05) is 5.32 Å². The standard InChI is InChI=1S/C17H13N3O2/c1-12(22-16-7-3-5-14(9-16)11-19)17(21)20-15-6-2-4-13(8-15)10-18/h2-9,12H,1H3,(H,20,21). The summed E-state index contributed by atoms with van der Waals surface area (Å²) in [6.45, 7) is 1.61. The van der Waals surface area contributed by atoms with Crippen LogP contribution in [0, 0.1) is 22.7 Å². The first-order valence-electron chi connectivity index (χ1n) is 6.60. The topological polar surface area (TPSA) is 85.9 Å². The van der Waals surface area contributed by atoms with Crippen LogP contribution in [0.15, 0.2) is 48.5 Å². The molecule has 0 spiro atoms. The van der Waals surface area contributed by atoms with Gasteiger partial charge in [-0.1, -0.05) is 12.1 Å². The lowest BCUT2D eigenvalue weighted by Crippen LogP contribution is -2.30. The van der Waals surface area contributed by atoms with E-state index in [4.69, 9.17) is 15.3 Å². The van der Waals surface area contributed by atoms with Gasteiger partial charge in [-0.2, -0.15) is 10.5 Å². The first-order chi connectivity index (χ1) is 10.6. The molecule has 0 aliphatic rings. The summed E-state index contributed by atoms with van der Waals surface area (Å²) < 4.78 is 5.52. The minimum absolute atomic E-state index is 0.336. The molecule has 0 fully saturated rings. The number of carbonyl (C=O) groups is 1. The van der Waals surface area contributed by atoms with E-state index in [1.807, 2.05) is 12.1 Å². The third-order valence-corrected chi connectivity index (χ3v) is 2.90. The van der Waals surface area contributed by atoms with Crippen LogP contribution in [0.2, 0.25) is 0 Å². The Kier molecular flexibility index (Phi) is 4.74. The molecule has 0 saturated carbocycles. The Hall–Kier alpha value is -3.31. The van der Waals surface area contributed by atoms with E-state index in [1.54, 1.807) is 55.5 Å². The highest BCUT2D eigenvalue weighted by molar-refractivity contribution is 5.94. The van der Waals surface area contributed by atoms with Gasteiger partial charge >= 0.3 is 0 Å².